The first-order chi connectivity index (χ1) is 10.2. The highest BCUT2D eigenvalue weighted by Crippen LogP contribution is 2.48. The molecule has 110 valence electrons. The minimum absolute atomic E-state index is 0.0150. The molecule has 21 heavy (non-hydrogen) atoms. The highest BCUT2D eigenvalue weighted by atomic mass is 127. The van der Waals surface area contributed by atoms with Crippen LogP contribution in [0.1, 0.15) is 43.3 Å². The van der Waals surface area contributed by atoms with Gasteiger partial charge in [0.15, 0.2) is 0 Å². The van der Waals surface area contributed by atoms with E-state index in [1.54, 1.807) is 0 Å². The minimum atomic E-state index is 0.0150. The SMILES string of the molecule is CCc1nc(C2(c3ccccc3)CCC2)nc(NC)c1I. The van der Waals surface area contributed by atoms with E-state index >= 15 is 0 Å². The van der Waals surface area contributed by atoms with Crippen LogP contribution in [0.4, 0.5) is 5.82 Å². The Morgan fingerprint density at radius 1 is 1.19 bits per heavy atom. The summed E-state index contributed by atoms with van der Waals surface area (Å²) in [6, 6.07) is 10.7. The summed E-state index contributed by atoms with van der Waals surface area (Å²) in [6.07, 6.45) is 4.47. The maximum atomic E-state index is 4.91. The molecule has 3 rings (SSSR count). The molecule has 0 unspecified atom stereocenters. The van der Waals surface area contributed by atoms with Crippen LogP contribution in [-0.2, 0) is 11.8 Å². The smallest absolute Gasteiger partial charge is 0.143 e. The van der Waals surface area contributed by atoms with Crippen LogP contribution in [0, 0.1) is 3.57 Å². The van der Waals surface area contributed by atoms with Gasteiger partial charge in [-0.05, 0) is 47.4 Å². The molecule has 4 heteroatoms. The average molecular weight is 393 g/mol. The molecular formula is C17H20IN3. The third-order valence-corrected chi connectivity index (χ3v) is 5.59. The number of rotatable bonds is 4. The molecule has 0 atom stereocenters. The lowest BCUT2D eigenvalue weighted by Crippen LogP contribution is -2.38. The second kappa shape index (κ2) is 5.91. The zero-order valence-corrected chi connectivity index (χ0v) is 14.6. The first-order valence-corrected chi connectivity index (χ1v) is 8.59. The Labute approximate surface area is 139 Å². The lowest BCUT2D eigenvalue weighted by atomic mass is 9.64. The van der Waals surface area contributed by atoms with Gasteiger partial charge in [-0.3, -0.25) is 0 Å². The van der Waals surface area contributed by atoms with Crippen LogP contribution in [0.25, 0.3) is 0 Å². The minimum Gasteiger partial charge on any atom is -0.372 e. The van der Waals surface area contributed by atoms with Crippen molar-refractivity contribution in [2.75, 3.05) is 12.4 Å². The summed E-state index contributed by atoms with van der Waals surface area (Å²) < 4.78 is 1.14. The van der Waals surface area contributed by atoms with E-state index in [4.69, 9.17) is 9.97 Å². The highest BCUT2D eigenvalue weighted by molar-refractivity contribution is 14.1. The van der Waals surface area contributed by atoms with Gasteiger partial charge in [0.25, 0.3) is 0 Å². The average Bonchev–Trinajstić information content (AvgIpc) is 2.48. The number of nitrogens with one attached hydrogen (secondary N) is 1. The zero-order valence-electron chi connectivity index (χ0n) is 12.5. The van der Waals surface area contributed by atoms with E-state index < -0.39 is 0 Å². The van der Waals surface area contributed by atoms with E-state index in [1.165, 1.54) is 12.0 Å². The molecule has 1 aromatic carbocycles. The molecule has 0 bridgehead atoms. The fourth-order valence-corrected chi connectivity index (χ4v) is 3.93. The monoisotopic (exact) mass is 393 g/mol. The number of halogens is 1. The van der Waals surface area contributed by atoms with Gasteiger partial charge in [0.2, 0.25) is 0 Å². The van der Waals surface area contributed by atoms with Crippen LogP contribution in [-0.4, -0.2) is 17.0 Å². The van der Waals surface area contributed by atoms with Crippen molar-refractivity contribution in [1.82, 2.24) is 9.97 Å². The summed E-state index contributed by atoms with van der Waals surface area (Å²) >= 11 is 2.34. The molecule has 0 radical (unpaired) electrons. The number of anilines is 1. The van der Waals surface area contributed by atoms with Crippen LogP contribution in [0.5, 0.6) is 0 Å². The van der Waals surface area contributed by atoms with E-state index in [0.29, 0.717) is 0 Å². The highest BCUT2D eigenvalue weighted by Gasteiger charge is 2.43. The second-order valence-electron chi connectivity index (χ2n) is 5.56. The largest absolute Gasteiger partial charge is 0.372 e. The van der Waals surface area contributed by atoms with Crippen LogP contribution < -0.4 is 5.32 Å². The lowest BCUT2D eigenvalue weighted by Gasteiger charge is -2.41. The lowest BCUT2D eigenvalue weighted by molar-refractivity contribution is 0.284. The molecule has 1 aromatic heterocycles. The first-order valence-electron chi connectivity index (χ1n) is 7.51. The Hall–Kier alpha value is -1.17. The van der Waals surface area contributed by atoms with Gasteiger partial charge in [-0.25, -0.2) is 9.97 Å². The molecule has 2 aromatic rings. The molecule has 1 aliphatic carbocycles. The van der Waals surface area contributed by atoms with Gasteiger partial charge >= 0.3 is 0 Å². The van der Waals surface area contributed by atoms with Crippen molar-refractivity contribution in [3.63, 3.8) is 0 Å². The van der Waals surface area contributed by atoms with Crippen molar-refractivity contribution < 1.29 is 0 Å². The molecule has 1 saturated carbocycles. The van der Waals surface area contributed by atoms with Crippen molar-refractivity contribution >= 4 is 28.4 Å². The molecule has 3 nitrogen and oxygen atoms in total. The predicted molar refractivity (Wildman–Crippen MR) is 94.7 cm³/mol. The van der Waals surface area contributed by atoms with Crippen LogP contribution in [0.3, 0.4) is 0 Å². The Morgan fingerprint density at radius 2 is 1.90 bits per heavy atom. The van der Waals surface area contributed by atoms with Crippen LogP contribution >= 0.6 is 22.6 Å². The maximum absolute atomic E-state index is 4.91. The number of hydrogen-bond donors (Lipinski definition) is 1. The molecule has 1 heterocycles. The van der Waals surface area contributed by atoms with Gasteiger partial charge in [-0.1, -0.05) is 43.7 Å². The van der Waals surface area contributed by atoms with Gasteiger partial charge in [0.1, 0.15) is 11.6 Å². The third-order valence-electron chi connectivity index (χ3n) is 4.45. The van der Waals surface area contributed by atoms with Crippen molar-refractivity contribution in [1.29, 1.82) is 0 Å². The molecule has 1 fully saturated rings. The van der Waals surface area contributed by atoms with E-state index in [1.807, 2.05) is 7.05 Å². The normalized spacial score (nSPS) is 16.3. The summed E-state index contributed by atoms with van der Waals surface area (Å²) in [7, 11) is 1.93. The zero-order chi connectivity index (χ0) is 14.9. The fourth-order valence-electron chi connectivity index (χ4n) is 3.04. The van der Waals surface area contributed by atoms with E-state index in [-0.39, 0.29) is 5.41 Å². The van der Waals surface area contributed by atoms with Gasteiger partial charge in [0.05, 0.1) is 14.7 Å². The van der Waals surface area contributed by atoms with Gasteiger partial charge < -0.3 is 5.32 Å². The molecule has 1 N–H and O–H groups in total. The molecule has 1 aliphatic rings. The Bertz CT molecular complexity index is 611. The predicted octanol–water partition coefficient (Wildman–Crippen LogP) is 4.16. The fraction of sp³-hybridized carbons (Fsp3) is 0.412. The summed E-state index contributed by atoms with van der Waals surface area (Å²) in [6.45, 7) is 2.16. The molecule has 0 aliphatic heterocycles. The third kappa shape index (κ3) is 2.43. The summed E-state index contributed by atoms with van der Waals surface area (Å²) in [4.78, 5) is 9.75. The maximum Gasteiger partial charge on any atom is 0.143 e. The summed E-state index contributed by atoms with van der Waals surface area (Å²) in [5.41, 5.74) is 2.51. The van der Waals surface area contributed by atoms with E-state index in [9.17, 15) is 0 Å². The van der Waals surface area contributed by atoms with Gasteiger partial charge in [-0.2, -0.15) is 0 Å². The first kappa shape index (κ1) is 14.8. The van der Waals surface area contributed by atoms with Crippen molar-refractivity contribution in [2.24, 2.45) is 0 Å². The van der Waals surface area contributed by atoms with Gasteiger partial charge in [0, 0.05) is 7.05 Å². The molecule has 0 saturated heterocycles. The Balaban J connectivity index is 2.14. The van der Waals surface area contributed by atoms with E-state index in [0.717, 1.165) is 40.2 Å². The number of aromatic nitrogens is 2. The quantitative estimate of drug-likeness (QED) is 0.793. The number of aryl methyl sites for hydroxylation is 1. The topological polar surface area (TPSA) is 37.8 Å². The molecular weight excluding hydrogens is 373 g/mol. The van der Waals surface area contributed by atoms with Crippen molar-refractivity contribution in [3.8, 4) is 0 Å². The molecule has 0 spiro atoms. The Morgan fingerprint density at radius 3 is 2.43 bits per heavy atom. The number of hydrogen-bond acceptors (Lipinski definition) is 3. The van der Waals surface area contributed by atoms with Crippen LogP contribution in [0.15, 0.2) is 30.3 Å². The standard InChI is InChI=1S/C17H20IN3/c1-3-13-14(18)15(19-2)21-16(20-13)17(10-7-11-17)12-8-5-4-6-9-12/h4-6,8-9H,3,7,10-11H2,1-2H3,(H,19,20,21). The van der Waals surface area contributed by atoms with Gasteiger partial charge in [-0.15, -0.1) is 0 Å². The summed E-state index contributed by atoms with van der Waals surface area (Å²) in [5.74, 6) is 1.95. The molecule has 0 amide bonds. The van der Waals surface area contributed by atoms with Crippen molar-refractivity contribution in [2.45, 2.75) is 38.0 Å². The second-order valence-corrected chi connectivity index (χ2v) is 6.64. The Kier molecular flexibility index (Phi) is 4.15. The van der Waals surface area contributed by atoms with Crippen LogP contribution in [0.2, 0.25) is 0 Å². The summed E-state index contributed by atoms with van der Waals surface area (Å²) in [5, 5.41) is 3.22. The number of benzene rings is 1. The van der Waals surface area contributed by atoms with E-state index in [2.05, 4.69) is 65.2 Å². The van der Waals surface area contributed by atoms with Crippen molar-refractivity contribution in [3.05, 3.63) is 51.0 Å². The number of nitrogens with zero attached hydrogens (tertiary/aromatic N) is 2.